The van der Waals surface area contributed by atoms with Gasteiger partial charge in [0, 0.05) is 37.9 Å². The van der Waals surface area contributed by atoms with Gasteiger partial charge in [0.1, 0.15) is 11.9 Å². The van der Waals surface area contributed by atoms with E-state index in [2.05, 4.69) is 27.9 Å². The fraction of sp³-hybridized carbons (Fsp3) is 0.389. The summed E-state index contributed by atoms with van der Waals surface area (Å²) in [5, 5.41) is 10.5. The van der Waals surface area contributed by atoms with E-state index in [0.29, 0.717) is 0 Å². The van der Waals surface area contributed by atoms with Gasteiger partial charge in [-0.05, 0) is 31.2 Å². The summed E-state index contributed by atoms with van der Waals surface area (Å²) < 4.78 is 0. The molecule has 2 heterocycles. The van der Waals surface area contributed by atoms with Crippen molar-refractivity contribution < 1.29 is 5.11 Å². The Hall–Kier alpha value is -1.91. The molecule has 0 amide bonds. The minimum absolute atomic E-state index is 0.616. The Balaban J connectivity index is 1.80. The molecule has 1 aliphatic rings. The lowest BCUT2D eigenvalue weighted by atomic mass is 9.99. The zero-order valence-electron chi connectivity index (χ0n) is 13.2. The molecular weight excluding hydrogens is 274 g/mol. The van der Waals surface area contributed by atoms with Crippen LogP contribution in [0, 0.1) is 6.92 Å². The Morgan fingerprint density at radius 3 is 2.41 bits per heavy atom. The number of rotatable bonds is 3. The number of hydrogen-bond acceptors (Lipinski definition) is 4. The van der Waals surface area contributed by atoms with E-state index in [1.165, 1.54) is 0 Å². The van der Waals surface area contributed by atoms with E-state index in [4.69, 9.17) is 0 Å². The molecule has 116 valence electrons. The van der Waals surface area contributed by atoms with Gasteiger partial charge in [0.15, 0.2) is 0 Å². The van der Waals surface area contributed by atoms with Gasteiger partial charge in [-0.2, -0.15) is 0 Å². The smallest absolute Gasteiger partial charge is 0.128 e. The maximum absolute atomic E-state index is 10.5. The van der Waals surface area contributed by atoms with E-state index in [1.807, 2.05) is 43.5 Å². The summed E-state index contributed by atoms with van der Waals surface area (Å²) in [6.45, 7) is 6.18. The molecule has 0 saturated carbocycles. The minimum atomic E-state index is -0.616. The van der Waals surface area contributed by atoms with Crippen molar-refractivity contribution in [2.24, 2.45) is 0 Å². The van der Waals surface area contributed by atoms with Crippen molar-refractivity contribution in [3.8, 4) is 0 Å². The highest BCUT2D eigenvalue weighted by Gasteiger charge is 2.18. The lowest BCUT2D eigenvalue weighted by Gasteiger charge is -2.33. The number of aliphatic hydroxyl groups excluding tert-OH is 1. The Kier molecular flexibility index (Phi) is 4.41. The first-order valence-electron chi connectivity index (χ1n) is 7.78. The van der Waals surface area contributed by atoms with Crippen LogP contribution in [0.5, 0.6) is 0 Å². The molecule has 3 rings (SSSR count). The Labute approximate surface area is 132 Å². The molecule has 0 radical (unpaired) electrons. The van der Waals surface area contributed by atoms with Crippen LogP contribution in [0.2, 0.25) is 0 Å². The van der Waals surface area contributed by atoms with Crippen LogP contribution in [-0.4, -0.2) is 48.2 Å². The molecule has 4 heteroatoms. The van der Waals surface area contributed by atoms with Crippen molar-refractivity contribution in [3.63, 3.8) is 0 Å². The number of piperazine rings is 1. The first-order valence-corrected chi connectivity index (χ1v) is 7.78. The molecule has 1 N–H and O–H groups in total. The SMILES string of the molecule is Cc1cc(N2CCN(C)CC2)ncc1[C@@H](O)c1ccccc1. The first kappa shape index (κ1) is 15.0. The summed E-state index contributed by atoms with van der Waals surface area (Å²) in [7, 11) is 2.15. The number of aliphatic hydroxyl groups is 1. The third-order valence-electron chi connectivity index (χ3n) is 4.37. The lowest BCUT2D eigenvalue weighted by molar-refractivity contribution is 0.219. The number of hydrogen-bond donors (Lipinski definition) is 1. The number of likely N-dealkylation sites (N-methyl/N-ethyl adjacent to an activating group) is 1. The molecule has 1 aromatic carbocycles. The maximum Gasteiger partial charge on any atom is 0.128 e. The maximum atomic E-state index is 10.5. The number of anilines is 1. The monoisotopic (exact) mass is 297 g/mol. The second kappa shape index (κ2) is 6.46. The van der Waals surface area contributed by atoms with Gasteiger partial charge in [0.25, 0.3) is 0 Å². The summed E-state index contributed by atoms with van der Waals surface area (Å²) in [4.78, 5) is 9.22. The van der Waals surface area contributed by atoms with E-state index in [9.17, 15) is 5.11 Å². The van der Waals surface area contributed by atoms with Gasteiger partial charge in [0.2, 0.25) is 0 Å². The zero-order chi connectivity index (χ0) is 15.5. The molecule has 1 aliphatic heterocycles. The Morgan fingerprint density at radius 2 is 1.77 bits per heavy atom. The number of pyridine rings is 1. The fourth-order valence-electron chi connectivity index (χ4n) is 2.86. The van der Waals surface area contributed by atoms with E-state index in [-0.39, 0.29) is 0 Å². The molecule has 0 aliphatic carbocycles. The highest BCUT2D eigenvalue weighted by molar-refractivity contribution is 5.46. The summed E-state index contributed by atoms with van der Waals surface area (Å²) in [6, 6.07) is 11.8. The van der Waals surface area contributed by atoms with E-state index < -0.39 is 6.10 Å². The largest absolute Gasteiger partial charge is 0.384 e. The predicted octanol–water partition coefficient (Wildman–Crippen LogP) is 2.22. The lowest BCUT2D eigenvalue weighted by Crippen LogP contribution is -2.44. The van der Waals surface area contributed by atoms with Crippen molar-refractivity contribution >= 4 is 5.82 Å². The molecule has 0 bridgehead atoms. The van der Waals surface area contributed by atoms with Crippen molar-refractivity contribution in [2.45, 2.75) is 13.0 Å². The molecule has 1 fully saturated rings. The van der Waals surface area contributed by atoms with Crippen LogP contribution in [0.15, 0.2) is 42.6 Å². The topological polar surface area (TPSA) is 39.6 Å². The molecule has 1 atom stereocenters. The van der Waals surface area contributed by atoms with Gasteiger partial charge in [-0.15, -0.1) is 0 Å². The second-order valence-electron chi connectivity index (χ2n) is 6.00. The highest BCUT2D eigenvalue weighted by atomic mass is 16.3. The molecule has 0 spiro atoms. The van der Waals surface area contributed by atoms with Crippen LogP contribution in [0.4, 0.5) is 5.82 Å². The fourth-order valence-corrected chi connectivity index (χ4v) is 2.86. The number of benzene rings is 1. The van der Waals surface area contributed by atoms with Crippen LogP contribution in [0.1, 0.15) is 22.8 Å². The minimum Gasteiger partial charge on any atom is -0.384 e. The molecule has 1 saturated heterocycles. The summed E-state index contributed by atoms with van der Waals surface area (Å²) in [6.07, 6.45) is 1.20. The van der Waals surface area contributed by atoms with Crippen LogP contribution < -0.4 is 4.90 Å². The number of aromatic nitrogens is 1. The van der Waals surface area contributed by atoms with Crippen molar-refractivity contribution in [3.05, 3.63) is 59.3 Å². The zero-order valence-corrected chi connectivity index (χ0v) is 13.2. The van der Waals surface area contributed by atoms with Crippen LogP contribution in [0.25, 0.3) is 0 Å². The van der Waals surface area contributed by atoms with Gasteiger partial charge >= 0.3 is 0 Å². The Bertz CT molecular complexity index is 621. The van der Waals surface area contributed by atoms with E-state index in [1.54, 1.807) is 0 Å². The van der Waals surface area contributed by atoms with Crippen LogP contribution in [0.3, 0.4) is 0 Å². The third kappa shape index (κ3) is 3.13. The number of aryl methyl sites for hydroxylation is 1. The molecule has 22 heavy (non-hydrogen) atoms. The normalized spacial score (nSPS) is 17.5. The van der Waals surface area contributed by atoms with Gasteiger partial charge in [0.05, 0.1) is 0 Å². The van der Waals surface area contributed by atoms with E-state index in [0.717, 1.165) is 48.7 Å². The second-order valence-corrected chi connectivity index (χ2v) is 6.00. The highest BCUT2D eigenvalue weighted by Crippen LogP contribution is 2.26. The molecule has 4 nitrogen and oxygen atoms in total. The van der Waals surface area contributed by atoms with Crippen LogP contribution >= 0.6 is 0 Å². The summed E-state index contributed by atoms with van der Waals surface area (Å²) in [5.74, 6) is 1.01. The van der Waals surface area contributed by atoms with Gasteiger partial charge < -0.3 is 14.9 Å². The number of nitrogens with zero attached hydrogens (tertiary/aromatic N) is 3. The summed E-state index contributed by atoms with van der Waals surface area (Å²) >= 11 is 0. The molecule has 1 aromatic heterocycles. The summed E-state index contributed by atoms with van der Waals surface area (Å²) in [5.41, 5.74) is 2.86. The van der Waals surface area contributed by atoms with Gasteiger partial charge in [-0.3, -0.25) is 0 Å². The van der Waals surface area contributed by atoms with Crippen molar-refractivity contribution in [2.75, 3.05) is 38.1 Å². The van der Waals surface area contributed by atoms with Crippen molar-refractivity contribution in [1.82, 2.24) is 9.88 Å². The molecule has 2 aromatic rings. The molecular formula is C18H23N3O. The van der Waals surface area contributed by atoms with E-state index >= 15 is 0 Å². The van der Waals surface area contributed by atoms with Crippen LogP contribution in [-0.2, 0) is 0 Å². The quantitative estimate of drug-likeness (QED) is 0.943. The third-order valence-corrected chi connectivity index (χ3v) is 4.37. The predicted molar refractivity (Wildman–Crippen MR) is 89.2 cm³/mol. The average molecular weight is 297 g/mol. The van der Waals surface area contributed by atoms with Gasteiger partial charge in [-0.1, -0.05) is 30.3 Å². The average Bonchev–Trinajstić information content (AvgIpc) is 2.56. The van der Waals surface area contributed by atoms with Crippen molar-refractivity contribution in [1.29, 1.82) is 0 Å². The standard InChI is InChI=1S/C18H23N3O/c1-14-12-17(21-10-8-20(2)9-11-21)19-13-16(14)18(22)15-6-4-3-5-7-15/h3-7,12-13,18,22H,8-11H2,1-2H3/t18-/m0/s1. The Morgan fingerprint density at radius 1 is 1.09 bits per heavy atom. The first-order chi connectivity index (χ1) is 10.6. The van der Waals surface area contributed by atoms with Gasteiger partial charge in [-0.25, -0.2) is 4.98 Å². The molecule has 0 unspecified atom stereocenters.